The van der Waals surface area contributed by atoms with E-state index in [0.717, 1.165) is 0 Å². The number of hydrogen-bond donors (Lipinski definition) is 0. The van der Waals surface area contributed by atoms with Gasteiger partial charge in [-0.25, -0.2) is 4.67 Å². The maximum Gasteiger partial charge on any atom is 0.266 e. The molecular formula is C9H16ClN2OP. The first kappa shape index (κ1) is 13.7. The Morgan fingerprint density at radius 2 is 1.86 bits per heavy atom. The third kappa shape index (κ3) is 4.81. The molecule has 80 valence electrons. The molecule has 3 nitrogen and oxygen atoms in total. The van der Waals surface area contributed by atoms with Gasteiger partial charge in [0.15, 0.2) is 0 Å². The van der Waals surface area contributed by atoms with Crippen molar-refractivity contribution in [3.05, 3.63) is 12.3 Å². The van der Waals surface area contributed by atoms with Gasteiger partial charge in [0.1, 0.15) is 6.26 Å². The van der Waals surface area contributed by atoms with Crippen LogP contribution in [0.3, 0.4) is 0 Å². The zero-order valence-corrected chi connectivity index (χ0v) is 10.6. The first-order valence-electron chi connectivity index (χ1n) is 4.46. The summed E-state index contributed by atoms with van der Waals surface area (Å²) in [4.78, 5) is 0. The molecule has 0 N–H and O–H groups in total. The summed E-state index contributed by atoms with van der Waals surface area (Å²) >= 11 is 6.08. The fourth-order valence-electron chi connectivity index (χ4n) is 1.12. The minimum absolute atomic E-state index is 0.328. The van der Waals surface area contributed by atoms with Crippen LogP contribution in [0, 0.1) is 11.3 Å². The molecule has 0 fully saturated rings. The number of hydrogen-bond acceptors (Lipinski definition) is 3. The monoisotopic (exact) mass is 234 g/mol. The van der Waals surface area contributed by atoms with Crippen molar-refractivity contribution >= 4 is 18.9 Å². The van der Waals surface area contributed by atoms with Crippen LogP contribution in [-0.4, -0.2) is 16.8 Å². The first-order chi connectivity index (χ1) is 6.50. The standard InChI is InChI=1S/C9H16ClN2OP/c1-8(2)12(9(3)4)14(10)13-7-5-6-11/h5,7-9H,1-4H3. The number of nitrogens with zero attached hydrogens (tertiary/aromatic N) is 2. The van der Waals surface area contributed by atoms with Crippen molar-refractivity contribution < 1.29 is 4.52 Å². The number of halogens is 1. The zero-order valence-electron chi connectivity index (χ0n) is 8.94. The van der Waals surface area contributed by atoms with Gasteiger partial charge >= 0.3 is 0 Å². The maximum absolute atomic E-state index is 8.27. The van der Waals surface area contributed by atoms with Crippen molar-refractivity contribution in [2.45, 2.75) is 39.8 Å². The van der Waals surface area contributed by atoms with E-state index in [2.05, 4.69) is 32.4 Å². The predicted octanol–water partition coefficient (Wildman–Crippen LogP) is 3.62. The largest absolute Gasteiger partial charge is 0.452 e. The average molecular weight is 235 g/mol. The lowest BCUT2D eigenvalue weighted by Crippen LogP contribution is -2.31. The molecule has 1 unspecified atom stereocenters. The number of nitriles is 1. The third-order valence-electron chi connectivity index (χ3n) is 1.53. The molecule has 0 amide bonds. The molecule has 0 radical (unpaired) electrons. The predicted molar refractivity (Wildman–Crippen MR) is 60.7 cm³/mol. The summed E-state index contributed by atoms with van der Waals surface area (Å²) in [6, 6.07) is 2.50. The molecule has 0 aliphatic carbocycles. The summed E-state index contributed by atoms with van der Waals surface area (Å²) in [5.41, 5.74) is 0. The molecular weight excluding hydrogens is 219 g/mol. The van der Waals surface area contributed by atoms with E-state index >= 15 is 0 Å². The smallest absolute Gasteiger partial charge is 0.266 e. The van der Waals surface area contributed by atoms with Crippen molar-refractivity contribution in [2.24, 2.45) is 0 Å². The summed E-state index contributed by atoms with van der Waals surface area (Å²) in [5.74, 6) is 0. The lowest BCUT2D eigenvalue weighted by atomic mass is 10.3. The van der Waals surface area contributed by atoms with Gasteiger partial charge in [-0.1, -0.05) is 0 Å². The second-order valence-electron chi connectivity index (χ2n) is 3.33. The molecule has 0 aromatic carbocycles. The molecule has 5 heteroatoms. The van der Waals surface area contributed by atoms with Gasteiger partial charge in [0.05, 0.1) is 12.1 Å². The second kappa shape index (κ2) is 7.06. The Balaban J connectivity index is 4.24. The highest BCUT2D eigenvalue weighted by atomic mass is 35.7. The van der Waals surface area contributed by atoms with Crippen molar-refractivity contribution in [2.75, 3.05) is 0 Å². The van der Waals surface area contributed by atoms with Crippen molar-refractivity contribution in [3.63, 3.8) is 0 Å². The molecule has 0 heterocycles. The van der Waals surface area contributed by atoms with Crippen LogP contribution in [-0.2, 0) is 4.52 Å². The van der Waals surface area contributed by atoms with Gasteiger partial charge in [-0.2, -0.15) is 5.26 Å². The molecule has 0 aliphatic heterocycles. The van der Waals surface area contributed by atoms with E-state index in [-0.39, 0.29) is 0 Å². The summed E-state index contributed by atoms with van der Waals surface area (Å²) in [6.07, 6.45) is 2.62. The molecule has 0 aromatic rings. The van der Waals surface area contributed by atoms with Crippen molar-refractivity contribution in [1.29, 1.82) is 5.26 Å². The Bertz CT molecular complexity index is 217. The van der Waals surface area contributed by atoms with E-state index < -0.39 is 7.65 Å². The minimum atomic E-state index is -1.17. The Morgan fingerprint density at radius 3 is 2.21 bits per heavy atom. The highest BCUT2D eigenvalue weighted by Crippen LogP contribution is 2.49. The van der Waals surface area contributed by atoms with Gasteiger partial charge in [-0.15, -0.1) is 0 Å². The van der Waals surface area contributed by atoms with Crippen LogP contribution < -0.4 is 0 Å². The van der Waals surface area contributed by atoms with E-state index in [9.17, 15) is 0 Å². The lowest BCUT2D eigenvalue weighted by Gasteiger charge is -2.31. The van der Waals surface area contributed by atoms with Crippen LogP contribution in [0.25, 0.3) is 0 Å². The minimum Gasteiger partial charge on any atom is -0.452 e. The van der Waals surface area contributed by atoms with Gasteiger partial charge in [-0.05, 0) is 38.9 Å². The second-order valence-corrected chi connectivity index (χ2v) is 5.32. The molecule has 0 bridgehead atoms. The summed E-state index contributed by atoms with van der Waals surface area (Å²) in [7, 11) is -1.17. The normalized spacial score (nSPS) is 13.9. The average Bonchev–Trinajstić information content (AvgIpc) is 2.03. The van der Waals surface area contributed by atoms with E-state index in [1.807, 2.05) is 6.07 Å². The highest BCUT2D eigenvalue weighted by Gasteiger charge is 2.23. The molecule has 0 aliphatic rings. The fraction of sp³-hybridized carbons (Fsp3) is 0.667. The van der Waals surface area contributed by atoms with Gasteiger partial charge in [0.2, 0.25) is 0 Å². The van der Waals surface area contributed by atoms with Crippen LogP contribution >= 0.6 is 18.9 Å². The first-order valence-corrected chi connectivity index (χ1v) is 6.58. The van der Waals surface area contributed by atoms with Crippen molar-refractivity contribution in [3.8, 4) is 6.07 Å². The van der Waals surface area contributed by atoms with Gasteiger partial charge in [0.25, 0.3) is 7.65 Å². The summed E-state index contributed by atoms with van der Waals surface area (Å²) < 4.78 is 7.29. The Morgan fingerprint density at radius 1 is 1.36 bits per heavy atom. The summed E-state index contributed by atoms with van der Waals surface area (Å²) in [6.45, 7) is 8.26. The van der Waals surface area contributed by atoms with E-state index in [1.165, 1.54) is 12.3 Å². The molecule has 0 spiro atoms. The van der Waals surface area contributed by atoms with Gasteiger partial charge < -0.3 is 4.52 Å². The third-order valence-corrected chi connectivity index (χ3v) is 3.88. The molecule has 14 heavy (non-hydrogen) atoms. The zero-order chi connectivity index (χ0) is 11.1. The Labute approximate surface area is 92.0 Å². The molecule has 0 aromatic heterocycles. The number of rotatable bonds is 5. The van der Waals surface area contributed by atoms with Gasteiger partial charge in [0, 0.05) is 12.1 Å². The maximum atomic E-state index is 8.27. The van der Waals surface area contributed by atoms with E-state index in [4.69, 9.17) is 21.0 Å². The molecule has 0 rings (SSSR count). The fourth-order valence-corrected chi connectivity index (χ4v) is 3.31. The Hall–Kier alpha value is -0.290. The topological polar surface area (TPSA) is 36.3 Å². The van der Waals surface area contributed by atoms with Crippen LogP contribution in [0.4, 0.5) is 0 Å². The SMILES string of the molecule is CC(C)N(C(C)C)P(Cl)OC=CC#N. The molecule has 0 saturated heterocycles. The van der Waals surface area contributed by atoms with Crippen LogP contribution in [0.5, 0.6) is 0 Å². The van der Waals surface area contributed by atoms with E-state index in [0.29, 0.717) is 12.1 Å². The quantitative estimate of drug-likeness (QED) is 0.414. The van der Waals surface area contributed by atoms with Crippen LogP contribution in [0.2, 0.25) is 0 Å². The highest BCUT2D eigenvalue weighted by molar-refractivity contribution is 7.78. The van der Waals surface area contributed by atoms with Crippen molar-refractivity contribution in [1.82, 2.24) is 4.67 Å². The van der Waals surface area contributed by atoms with Crippen LogP contribution in [0.1, 0.15) is 27.7 Å². The van der Waals surface area contributed by atoms with E-state index in [1.54, 1.807) is 0 Å². The molecule has 0 saturated carbocycles. The lowest BCUT2D eigenvalue weighted by molar-refractivity contribution is 0.298. The number of allylic oxidation sites excluding steroid dienone is 1. The summed E-state index contributed by atoms with van der Waals surface area (Å²) in [5, 5.41) is 8.27. The molecule has 1 atom stereocenters. The van der Waals surface area contributed by atoms with Crippen LogP contribution in [0.15, 0.2) is 12.3 Å². The van der Waals surface area contributed by atoms with Gasteiger partial charge in [-0.3, -0.25) is 0 Å². The Kier molecular flexibility index (Phi) is 6.92.